The molecule has 0 spiro atoms. The number of hydrogen-bond acceptors (Lipinski definition) is 2. The summed E-state index contributed by atoms with van der Waals surface area (Å²) in [5.41, 5.74) is 3.63. The SMILES string of the molecule is Cc1ccc2c(c1)nc1n2CCCN1. The standard InChI is InChI=1S/C11H13N3/c1-8-3-4-10-9(7-8)13-11-12-5-2-6-14(10)11/h3-4,7H,2,5-6H2,1H3,(H,12,13). The molecule has 2 heterocycles. The second-order valence-electron chi connectivity index (χ2n) is 3.86. The zero-order valence-corrected chi connectivity index (χ0v) is 8.25. The Morgan fingerprint density at radius 2 is 2.36 bits per heavy atom. The number of aromatic nitrogens is 2. The molecular weight excluding hydrogens is 174 g/mol. The largest absolute Gasteiger partial charge is 0.356 e. The van der Waals surface area contributed by atoms with Crippen LogP contribution in [0.1, 0.15) is 12.0 Å². The molecule has 0 fully saturated rings. The molecule has 0 unspecified atom stereocenters. The van der Waals surface area contributed by atoms with Crippen molar-refractivity contribution in [3.05, 3.63) is 23.8 Å². The summed E-state index contributed by atoms with van der Waals surface area (Å²) in [5.74, 6) is 1.02. The topological polar surface area (TPSA) is 29.9 Å². The quantitative estimate of drug-likeness (QED) is 0.685. The summed E-state index contributed by atoms with van der Waals surface area (Å²) in [4.78, 5) is 4.57. The van der Waals surface area contributed by atoms with Gasteiger partial charge in [0.05, 0.1) is 11.0 Å². The monoisotopic (exact) mass is 187 g/mol. The highest BCUT2D eigenvalue weighted by molar-refractivity contribution is 5.79. The molecule has 3 nitrogen and oxygen atoms in total. The number of aryl methyl sites for hydroxylation is 2. The van der Waals surface area contributed by atoms with Gasteiger partial charge in [-0.3, -0.25) is 0 Å². The Labute approximate surface area is 82.8 Å². The van der Waals surface area contributed by atoms with E-state index >= 15 is 0 Å². The van der Waals surface area contributed by atoms with E-state index < -0.39 is 0 Å². The van der Waals surface area contributed by atoms with Crippen molar-refractivity contribution < 1.29 is 0 Å². The Kier molecular flexibility index (Phi) is 1.54. The molecule has 0 saturated heterocycles. The number of imidazole rings is 1. The number of anilines is 1. The third-order valence-electron chi connectivity index (χ3n) is 2.75. The molecule has 1 aliphatic heterocycles. The maximum absolute atomic E-state index is 4.57. The third kappa shape index (κ3) is 1.02. The van der Waals surface area contributed by atoms with Crippen molar-refractivity contribution in [1.82, 2.24) is 9.55 Å². The van der Waals surface area contributed by atoms with Crippen molar-refractivity contribution >= 4 is 17.0 Å². The number of nitrogens with zero attached hydrogens (tertiary/aromatic N) is 2. The molecule has 14 heavy (non-hydrogen) atoms. The van der Waals surface area contributed by atoms with Crippen LogP contribution in [0.25, 0.3) is 11.0 Å². The lowest BCUT2D eigenvalue weighted by molar-refractivity contribution is 0.642. The van der Waals surface area contributed by atoms with Gasteiger partial charge in [-0.25, -0.2) is 4.98 Å². The minimum atomic E-state index is 1.02. The summed E-state index contributed by atoms with van der Waals surface area (Å²) in [5, 5.41) is 3.32. The number of rotatable bonds is 0. The molecule has 1 aromatic heterocycles. The van der Waals surface area contributed by atoms with E-state index in [2.05, 4.69) is 40.0 Å². The second kappa shape index (κ2) is 2.74. The van der Waals surface area contributed by atoms with Crippen LogP contribution in [0.15, 0.2) is 18.2 Å². The van der Waals surface area contributed by atoms with E-state index in [1.165, 1.54) is 17.5 Å². The zero-order chi connectivity index (χ0) is 9.54. The molecule has 2 aromatic rings. The summed E-state index contributed by atoms with van der Waals surface area (Å²) in [6.07, 6.45) is 1.19. The van der Waals surface area contributed by atoms with E-state index in [0.717, 1.165) is 24.6 Å². The van der Waals surface area contributed by atoms with Gasteiger partial charge in [0.1, 0.15) is 0 Å². The first-order chi connectivity index (χ1) is 6.84. The van der Waals surface area contributed by atoms with Gasteiger partial charge >= 0.3 is 0 Å². The van der Waals surface area contributed by atoms with Crippen molar-refractivity contribution in [2.45, 2.75) is 19.9 Å². The van der Waals surface area contributed by atoms with Gasteiger partial charge < -0.3 is 9.88 Å². The molecule has 0 radical (unpaired) electrons. The first-order valence-corrected chi connectivity index (χ1v) is 5.05. The number of hydrogen-bond donors (Lipinski definition) is 1. The van der Waals surface area contributed by atoms with E-state index in [1.807, 2.05) is 0 Å². The van der Waals surface area contributed by atoms with Crippen LogP contribution < -0.4 is 5.32 Å². The first-order valence-electron chi connectivity index (χ1n) is 5.05. The van der Waals surface area contributed by atoms with E-state index in [0.29, 0.717) is 0 Å². The number of fused-ring (bicyclic) bond motifs is 3. The van der Waals surface area contributed by atoms with Crippen molar-refractivity contribution in [3.63, 3.8) is 0 Å². The highest BCUT2D eigenvalue weighted by Gasteiger charge is 2.13. The third-order valence-corrected chi connectivity index (χ3v) is 2.75. The van der Waals surface area contributed by atoms with Gasteiger partial charge in [-0.15, -0.1) is 0 Å². The Morgan fingerprint density at radius 1 is 1.43 bits per heavy atom. The van der Waals surface area contributed by atoms with Gasteiger partial charge in [0.2, 0.25) is 5.95 Å². The van der Waals surface area contributed by atoms with E-state index in [4.69, 9.17) is 0 Å². The fourth-order valence-electron chi connectivity index (χ4n) is 2.04. The second-order valence-corrected chi connectivity index (χ2v) is 3.86. The van der Waals surface area contributed by atoms with Crippen LogP contribution in [-0.2, 0) is 6.54 Å². The Morgan fingerprint density at radius 3 is 3.29 bits per heavy atom. The van der Waals surface area contributed by atoms with Crippen LogP contribution >= 0.6 is 0 Å². The molecule has 0 saturated carbocycles. The van der Waals surface area contributed by atoms with Gasteiger partial charge in [-0.1, -0.05) is 6.07 Å². The van der Waals surface area contributed by atoms with Gasteiger partial charge in [0.25, 0.3) is 0 Å². The van der Waals surface area contributed by atoms with Gasteiger partial charge in [0.15, 0.2) is 0 Å². The number of nitrogens with one attached hydrogen (secondary N) is 1. The fraction of sp³-hybridized carbons (Fsp3) is 0.364. The van der Waals surface area contributed by atoms with Crippen LogP contribution in [-0.4, -0.2) is 16.1 Å². The molecule has 0 atom stereocenters. The molecule has 0 bridgehead atoms. The molecule has 1 aliphatic rings. The van der Waals surface area contributed by atoms with Crippen LogP contribution in [0.2, 0.25) is 0 Å². The highest BCUT2D eigenvalue weighted by Crippen LogP contribution is 2.23. The first kappa shape index (κ1) is 7.85. The fourth-order valence-corrected chi connectivity index (χ4v) is 2.04. The van der Waals surface area contributed by atoms with Crippen molar-refractivity contribution in [2.75, 3.05) is 11.9 Å². The summed E-state index contributed by atoms with van der Waals surface area (Å²) in [6, 6.07) is 6.45. The van der Waals surface area contributed by atoms with Gasteiger partial charge in [-0.05, 0) is 31.0 Å². The summed E-state index contributed by atoms with van der Waals surface area (Å²) < 4.78 is 2.26. The average molecular weight is 187 g/mol. The Hall–Kier alpha value is -1.51. The molecule has 3 heteroatoms. The van der Waals surface area contributed by atoms with Crippen LogP contribution in [0.5, 0.6) is 0 Å². The van der Waals surface area contributed by atoms with Crippen molar-refractivity contribution in [3.8, 4) is 0 Å². The van der Waals surface area contributed by atoms with Crippen molar-refractivity contribution in [2.24, 2.45) is 0 Å². The highest BCUT2D eigenvalue weighted by atomic mass is 15.2. The Balaban J connectivity index is 2.31. The molecule has 72 valence electrons. The lowest BCUT2D eigenvalue weighted by Crippen LogP contribution is -2.16. The Bertz CT molecular complexity index is 484. The lowest BCUT2D eigenvalue weighted by Gasteiger charge is -2.15. The normalized spacial score (nSPS) is 15.2. The predicted molar refractivity (Wildman–Crippen MR) is 57.6 cm³/mol. The summed E-state index contributed by atoms with van der Waals surface area (Å²) in [7, 11) is 0. The average Bonchev–Trinajstić information content (AvgIpc) is 2.54. The van der Waals surface area contributed by atoms with Crippen molar-refractivity contribution in [1.29, 1.82) is 0 Å². The van der Waals surface area contributed by atoms with Crippen LogP contribution in [0.4, 0.5) is 5.95 Å². The maximum atomic E-state index is 4.57. The molecule has 0 aliphatic carbocycles. The molecule has 1 aromatic carbocycles. The molecule has 0 amide bonds. The maximum Gasteiger partial charge on any atom is 0.203 e. The summed E-state index contributed by atoms with van der Waals surface area (Å²) in [6.45, 7) is 4.23. The minimum Gasteiger partial charge on any atom is -0.356 e. The van der Waals surface area contributed by atoms with Crippen LogP contribution in [0.3, 0.4) is 0 Å². The predicted octanol–water partition coefficient (Wildman–Crippen LogP) is 2.16. The van der Waals surface area contributed by atoms with E-state index in [9.17, 15) is 0 Å². The lowest BCUT2D eigenvalue weighted by atomic mass is 10.2. The minimum absolute atomic E-state index is 1.02. The van der Waals surface area contributed by atoms with Gasteiger partial charge in [0, 0.05) is 13.1 Å². The summed E-state index contributed by atoms with van der Waals surface area (Å²) >= 11 is 0. The molecular formula is C11H13N3. The molecule has 1 N–H and O–H groups in total. The van der Waals surface area contributed by atoms with Crippen LogP contribution in [0, 0.1) is 6.92 Å². The number of benzene rings is 1. The van der Waals surface area contributed by atoms with E-state index in [-0.39, 0.29) is 0 Å². The molecule has 3 rings (SSSR count). The van der Waals surface area contributed by atoms with Gasteiger partial charge in [-0.2, -0.15) is 0 Å². The zero-order valence-electron chi connectivity index (χ0n) is 8.25. The van der Waals surface area contributed by atoms with E-state index in [1.54, 1.807) is 0 Å². The smallest absolute Gasteiger partial charge is 0.203 e.